The Morgan fingerprint density at radius 3 is 2.51 bits per heavy atom. The SMILES string of the molecule is CCOc1ccc(CC(=O)N2CCCCN(CCOC)C(=O)c3ccccc3OC[C@@H]2CC(C)C)cc1. The molecule has 202 valence electrons. The van der Waals surface area contributed by atoms with Crippen LogP contribution in [0, 0.1) is 5.92 Å². The molecule has 2 aromatic carbocycles. The number of nitrogens with zero attached hydrogens (tertiary/aromatic N) is 2. The second kappa shape index (κ2) is 14.6. The second-order valence-corrected chi connectivity index (χ2v) is 9.92. The van der Waals surface area contributed by atoms with Crippen molar-refractivity contribution in [1.82, 2.24) is 9.80 Å². The number of para-hydroxylation sites is 1. The lowest BCUT2D eigenvalue weighted by Gasteiger charge is -2.34. The van der Waals surface area contributed by atoms with Crippen molar-refractivity contribution in [1.29, 1.82) is 0 Å². The molecule has 0 radical (unpaired) electrons. The van der Waals surface area contributed by atoms with E-state index in [0.29, 0.717) is 63.1 Å². The molecule has 0 bridgehead atoms. The number of carbonyl (C=O) groups excluding carboxylic acids is 2. The van der Waals surface area contributed by atoms with Crippen molar-refractivity contribution in [2.75, 3.05) is 46.6 Å². The number of amides is 2. The fraction of sp³-hybridized carbons (Fsp3) is 0.533. The van der Waals surface area contributed by atoms with Crippen molar-refractivity contribution in [3.05, 3.63) is 59.7 Å². The van der Waals surface area contributed by atoms with Gasteiger partial charge in [-0.05, 0) is 61.9 Å². The Hall–Kier alpha value is -3.06. The molecule has 0 saturated heterocycles. The van der Waals surface area contributed by atoms with E-state index >= 15 is 0 Å². The lowest BCUT2D eigenvalue weighted by atomic mass is 10.0. The molecule has 2 amide bonds. The summed E-state index contributed by atoms with van der Waals surface area (Å²) >= 11 is 0. The summed E-state index contributed by atoms with van der Waals surface area (Å²) in [6.07, 6.45) is 2.77. The molecular formula is C30H42N2O5. The summed E-state index contributed by atoms with van der Waals surface area (Å²) in [5.74, 6) is 1.81. The topological polar surface area (TPSA) is 68.3 Å². The van der Waals surface area contributed by atoms with Gasteiger partial charge in [-0.2, -0.15) is 0 Å². The molecule has 0 aromatic heterocycles. The summed E-state index contributed by atoms with van der Waals surface area (Å²) in [7, 11) is 1.64. The first-order valence-corrected chi connectivity index (χ1v) is 13.4. The highest BCUT2D eigenvalue weighted by Gasteiger charge is 2.27. The average Bonchev–Trinajstić information content (AvgIpc) is 2.88. The summed E-state index contributed by atoms with van der Waals surface area (Å²) in [5, 5.41) is 0. The lowest BCUT2D eigenvalue weighted by molar-refractivity contribution is -0.134. The molecule has 1 aliphatic rings. The number of carbonyl (C=O) groups is 2. The number of benzene rings is 2. The number of hydrogen-bond donors (Lipinski definition) is 0. The molecule has 1 heterocycles. The van der Waals surface area contributed by atoms with Crippen molar-refractivity contribution in [2.24, 2.45) is 5.92 Å². The van der Waals surface area contributed by atoms with Crippen LogP contribution in [0.25, 0.3) is 0 Å². The van der Waals surface area contributed by atoms with E-state index in [1.165, 1.54) is 0 Å². The van der Waals surface area contributed by atoms with Gasteiger partial charge in [-0.25, -0.2) is 0 Å². The fourth-order valence-electron chi connectivity index (χ4n) is 4.71. The Morgan fingerprint density at radius 2 is 1.81 bits per heavy atom. The highest BCUT2D eigenvalue weighted by Crippen LogP contribution is 2.24. The Kier molecular flexibility index (Phi) is 11.3. The molecule has 0 unspecified atom stereocenters. The van der Waals surface area contributed by atoms with Crippen molar-refractivity contribution >= 4 is 11.8 Å². The van der Waals surface area contributed by atoms with Gasteiger partial charge in [0.2, 0.25) is 5.91 Å². The Bertz CT molecular complexity index is 992. The minimum absolute atomic E-state index is 0.0444. The summed E-state index contributed by atoms with van der Waals surface area (Å²) in [6, 6.07) is 15.1. The summed E-state index contributed by atoms with van der Waals surface area (Å²) in [5.41, 5.74) is 1.51. The van der Waals surface area contributed by atoms with Crippen molar-refractivity contribution < 1.29 is 23.8 Å². The summed E-state index contributed by atoms with van der Waals surface area (Å²) < 4.78 is 17.1. The number of methoxy groups -OCH3 is 1. The van der Waals surface area contributed by atoms with Gasteiger partial charge in [0.05, 0.1) is 31.2 Å². The molecule has 0 aliphatic carbocycles. The molecule has 3 rings (SSSR count). The van der Waals surface area contributed by atoms with Crippen LogP contribution in [0.3, 0.4) is 0 Å². The van der Waals surface area contributed by atoms with Gasteiger partial charge < -0.3 is 24.0 Å². The maximum atomic E-state index is 13.6. The molecule has 0 fully saturated rings. The molecule has 0 N–H and O–H groups in total. The minimum atomic E-state index is -0.0811. The van der Waals surface area contributed by atoms with Gasteiger partial charge in [-0.3, -0.25) is 9.59 Å². The quantitative estimate of drug-likeness (QED) is 0.483. The van der Waals surface area contributed by atoms with Crippen LogP contribution in [-0.4, -0.2) is 74.2 Å². The largest absolute Gasteiger partial charge is 0.494 e. The van der Waals surface area contributed by atoms with Gasteiger partial charge in [0, 0.05) is 26.7 Å². The van der Waals surface area contributed by atoms with Crippen LogP contribution in [-0.2, 0) is 16.0 Å². The molecule has 7 heteroatoms. The van der Waals surface area contributed by atoms with E-state index in [1.807, 2.05) is 65.3 Å². The predicted octanol–water partition coefficient (Wildman–Crippen LogP) is 4.83. The van der Waals surface area contributed by atoms with Crippen molar-refractivity contribution in [3.8, 4) is 11.5 Å². The highest BCUT2D eigenvalue weighted by molar-refractivity contribution is 5.97. The third-order valence-corrected chi connectivity index (χ3v) is 6.57. The van der Waals surface area contributed by atoms with Gasteiger partial charge in [-0.1, -0.05) is 38.1 Å². The Morgan fingerprint density at radius 1 is 1.08 bits per heavy atom. The maximum Gasteiger partial charge on any atom is 0.257 e. The van der Waals surface area contributed by atoms with E-state index in [1.54, 1.807) is 7.11 Å². The highest BCUT2D eigenvalue weighted by atomic mass is 16.5. The van der Waals surface area contributed by atoms with Crippen LogP contribution in [0.1, 0.15) is 56.0 Å². The molecule has 2 aromatic rings. The van der Waals surface area contributed by atoms with Gasteiger partial charge >= 0.3 is 0 Å². The normalized spacial score (nSPS) is 17.0. The first kappa shape index (κ1) is 28.5. The number of fused-ring (bicyclic) bond motifs is 1. The van der Waals surface area contributed by atoms with E-state index in [4.69, 9.17) is 14.2 Å². The minimum Gasteiger partial charge on any atom is -0.494 e. The number of ether oxygens (including phenoxy) is 3. The average molecular weight is 511 g/mol. The third-order valence-electron chi connectivity index (χ3n) is 6.57. The van der Waals surface area contributed by atoms with Crippen LogP contribution < -0.4 is 9.47 Å². The predicted molar refractivity (Wildman–Crippen MR) is 145 cm³/mol. The molecular weight excluding hydrogens is 468 g/mol. The third kappa shape index (κ3) is 8.49. The van der Waals surface area contributed by atoms with E-state index < -0.39 is 0 Å². The standard InChI is InChI=1S/C30H42N2O5/c1-5-36-26-14-12-24(13-15-26)21-29(33)32-17-9-8-16-31(18-19-35-4)30(34)27-10-6-7-11-28(27)37-22-25(32)20-23(2)3/h6-7,10-15,23,25H,5,8-9,16-22H2,1-4H3/t25-/m0/s1. The lowest BCUT2D eigenvalue weighted by Crippen LogP contribution is -2.46. The molecule has 37 heavy (non-hydrogen) atoms. The van der Waals surface area contributed by atoms with Gasteiger partial charge in [0.15, 0.2) is 0 Å². The molecule has 0 spiro atoms. The van der Waals surface area contributed by atoms with E-state index in [-0.39, 0.29) is 17.9 Å². The Labute approximate surface area is 221 Å². The summed E-state index contributed by atoms with van der Waals surface area (Å²) in [4.78, 5) is 30.9. The van der Waals surface area contributed by atoms with Crippen LogP contribution in [0.15, 0.2) is 48.5 Å². The fourth-order valence-corrected chi connectivity index (χ4v) is 4.71. The molecule has 0 saturated carbocycles. The zero-order valence-corrected chi connectivity index (χ0v) is 22.8. The first-order chi connectivity index (χ1) is 17.9. The first-order valence-electron chi connectivity index (χ1n) is 13.4. The van der Waals surface area contributed by atoms with Gasteiger partial charge in [0.1, 0.15) is 18.1 Å². The molecule has 1 aliphatic heterocycles. The second-order valence-electron chi connectivity index (χ2n) is 9.92. The van der Waals surface area contributed by atoms with E-state index in [9.17, 15) is 9.59 Å². The summed E-state index contributed by atoms with van der Waals surface area (Å²) in [6.45, 7) is 9.45. The van der Waals surface area contributed by atoms with Crippen LogP contribution >= 0.6 is 0 Å². The van der Waals surface area contributed by atoms with Gasteiger partial charge in [-0.15, -0.1) is 0 Å². The van der Waals surface area contributed by atoms with Crippen LogP contribution in [0.5, 0.6) is 11.5 Å². The van der Waals surface area contributed by atoms with E-state index in [0.717, 1.165) is 30.6 Å². The van der Waals surface area contributed by atoms with Gasteiger partial charge in [0.25, 0.3) is 5.91 Å². The maximum absolute atomic E-state index is 13.6. The zero-order chi connectivity index (χ0) is 26.6. The van der Waals surface area contributed by atoms with Crippen LogP contribution in [0.2, 0.25) is 0 Å². The molecule has 7 nitrogen and oxygen atoms in total. The number of hydrogen-bond acceptors (Lipinski definition) is 5. The smallest absolute Gasteiger partial charge is 0.257 e. The number of rotatable bonds is 9. The van der Waals surface area contributed by atoms with Crippen molar-refractivity contribution in [3.63, 3.8) is 0 Å². The van der Waals surface area contributed by atoms with Crippen LogP contribution in [0.4, 0.5) is 0 Å². The van der Waals surface area contributed by atoms with Crippen molar-refractivity contribution in [2.45, 2.75) is 52.5 Å². The Balaban J connectivity index is 1.84. The zero-order valence-electron chi connectivity index (χ0n) is 22.8. The monoisotopic (exact) mass is 510 g/mol. The molecule has 1 atom stereocenters. The van der Waals surface area contributed by atoms with E-state index in [2.05, 4.69) is 13.8 Å².